The van der Waals surface area contributed by atoms with E-state index < -0.39 is 11.9 Å². The van der Waals surface area contributed by atoms with E-state index in [0.29, 0.717) is 10.6 Å². The number of ether oxygens (including phenoxy) is 1. The number of benzene rings is 1. The van der Waals surface area contributed by atoms with Gasteiger partial charge in [-0.25, -0.2) is 4.39 Å². The number of rotatable bonds is 4. The Hall–Kier alpha value is -1.13. The van der Waals surface area contributed by atoms with E-state index in [1.165, 1.54) is 13.2 Å². The molecular formula is C11H13ClFNO2. The highest BCUT2D eigenvalue weighted by Gasteiger charge is 2.12. The van der Waals surface area contributed by atoms with Crippen LogP contribution < -0.4 is 5.32 Å². The molecule has 16 heavy (non-hydrogen) atoms. The minimum Gasteiger partial charge on any atom is -0.468 e. The maximum absolute atomic E-state index is 13.3. The van der Waals surface area contributed by atoms with Gasteiger partial charge in [0, 0.05) is 17.1 Å². The summed E-state index contributed by atoms with van der Waals surface area (Å²) in [4.78, 5) is 11.1. The summed E-state index contributed by atoms with van der Waals surface area (Å²) in [6.45, 7) is 1.90. The maximum atomic E-state index is 13.3. The molecule has 0 spiro atoms. The summed E-state index contributed by atoms with van der Waals surface area (Å²) in [5.41, 5.74) is 0.458. The molecule has 3 nitrogen and oxygen atoms in total. The Morgan fingerprint density at radius 2 is 2.31 bits per heavy atom. The minimum atomic E-state index is -0.472. The van der Waals surface area contributed by atoms with Crippen molar-refractivity contribution >= 4 is 17.6 Å². The number of halogens is 2. The number of methoxy groups -OCH3 is 1. The first-order valence-electron chi connectivity index (χ1n) is 4.79. The first-order chi connectivity index (χ1) is 7.54. The topological polar surface area (TPSA) is 38.3 Å². The van der Waals surface area contributed by atoms with E-state index in [-0.39, 0.29) is 12.5 Å². The zero-order valence-electron chi connectivity index (χ0n) is 9.09. The van der Waals surface area contributed by atoms with Crippen LogP contribution in [0.3, 0.4) is 0 Å². The highest BCUT2D eigenvalue weighted by Crippen LogP contribution is 2.14. The fraction of sp³-hybridized carbons (Fsp3) is 0.364. The molecule has 0 aromatic heterocycles. The van der Waals surface area contributed by atoms with E-state index in [1.54, 1.807) is 19.1 Å². The van der Waals surface area contributed by atoms with Crippen molar-refractivity contribution in [1.82, 2.24) is 5.32 Å². The third-order valence-electron chi connectivity index (χ3n) is 2.17. The number of carbonyl (C=O) groups is 1. The van der Waals surface area contributed by atoms with Gasteiger partial charge in [-0.05, 0) is 19.1 Å². The van der Waals surface area contributed by atoms with E-state index in [4.69, 9.17) is 11.6 Å². The van der Waals surface area contributed by atoms with E-state index in [0.717, 1.165) is 0 Å². The SMILES string of the molecule is COC(=O)C(C)NCc1ccc(Cl)cc1F. The van der Waals surface area contributed by atoms with Gasteiger partial charge in [0.15, 0.2) is 0 Å². The van der Waals surface area contributed by atoms with Crippen molar-refractivity contribution in [1.29, 1.82) is 0 Å². The first-order valence-corrected chi connectivity index (χ1v) is 5.17. The Kier molecular flexibility index (Phi) is 4.71. The zero-order valence-corrected chi connectivity index (χ0v) is 9.84. The highest BCUT2D eigenvalue weighted by molar-refractivity contribution is 6.30. The van der Waals surface area contributed by atoms with Gasteiger partial charge in [-0.15, -0.1) is 0 Å². The van der Waals surface area contributed by atoms with Gasteiger partial charge in [-0.3, -0.25) is 4.79 Å². The molecule has 1 aromatic rings. The average Bonchev–Trinajstić information content (AvgIpc) is 2.26. The van der Waals surface area contributed by atoms with E-state index in [1.807, 2.05) is 0 Å². The molecular weight excluding hydrogens is 233 g/mol. The Labute approximate surface area is 98.5 Å². The van der Waals surface area contributed by atoms with Crippen molar-refractivity contribution in [2.45, 2.75) is 19.5 Å². The van der Waals surface area contributed by atoms with Crippen molar-refractivity contribution in [2.75, 3.05) is 7.11 Å². The Morgan fingerprint density at radius 3 is 2.88 bits per heavy atom. The molecule has 0 amide bonds. The van der Waals surface area contributed by atoms with Gasteiger partial charge < -0.3 is 10.1 Å². The van der Waals surface area contributed by atoms with Crippen molar-refractivity contribution in [2.24, 2.45) is 0 Å². The fourth-order valence-corrected chi connectivity index (χ4v) is 1.35. The molecule has 5 heteroatoms. The van der Waals surface area contributed by atoms with Crippen LogP contribution in [0.1, 0.15) is 12.5 Å². The summed E-state index contributed by atoms with van der Waals surface area (Å²) < 4.78 is 17.9. The number of hydrogen-bond acceptors (Lipinski definition) is 3. The summed E-state index contributed by atoms with van der Waals surface area (Å²) in [5.74, 6) is -0.772. The minimum absolute atomic E-state index is 0.249. The van der Waals surface area contributed by atoms with Crippen LogP contribution in [0.15, 0.2) is 18.2 Å². The molecule has 0 aliphatic rings. The second-order valence-electron chi connectivity index (χ2n) is 3.36. The van der Waals surface area contributed by atoms with Gasteiger partial charge >= 0.3 is 5.97 Å². The summed E-state index contributed by atoms with van der Waals surface area (Å²) in [7, 11) is 1.31. The maximum Gasteiger partial charge on any atom is 0.322 e. The molecule has 0 bridgehead atoms. The molecule has 0 aliphatic heterocycles. The van der Waals surface area contributed by atoms with Gasteiger partial charge in [0.1, 0.15) is 11.9 Å². The Balaban J connectivity index is 2.58. The van der Waals surface area contributed by atoms with Crippen LogP contribution in [0.4, 0.5) is 4.39 Å². The molecule has 1 N–H and O–H groups in total. The quantitative estimate of drug-likeness (QED) is 0.826. The van der Waals surface area contributed by atoms with Crippen molar-refractivity contribution in [3.8, 4) is 0 Å². The van der Waals surface area contributed by atoms with Crippen molar-refractivity contribution in [3.05, 3.63) is 34.6 Å². The first kappa shape index (κ1) is 12.9. The third-order valence-corrected chi connectivity index (χ3v) is 2.40. The van der Waals surface area contributed by atoms with Crippen molar-refractivity contribution in [3.63, 3.8) is 0 Å². The zero-order chi connectivity index (χ0) is 12.1. The smallest absolute Gasteiger partial charge is 0.322 e. The lowest BCUT2D eigenvalue weighted by Gasteiger charge is -2.11. The second-order valence-corrected chi connectivity index (χ2v) is 3.80. The van der Waals surface area contributed by atoms with E-state index in [2.05, 4.69) is 10.1 Å². The van der Waals surface area contributed by atoms with Gasteiger partial charge in [-0.1, -0.05) is 17.7 Å². The number of carbonyl (C=O) groups excluding carboxylic acids is 1. The predicted molar refractivity (Wildman–Crippen MR) is 59.7 cm³/mol. The van der Waals surface area contributed by atoms with Crippen LogP contribution in [0.5, 0.6) is 0 Å². The highest BCUT2D eigenvalue weighted by atomic mass is 35.5. The Morgan fingerprint density at radius 1 is 1.62 bits per heavy atom. The van der Waals surface area contributed by atoms with Crippen LogP contribution in [-0.2, 0) is 16.1 Å². The van der Waals surface area contributed by atoms with Gasteiger partial charge in [0.2, 0.25) is 0 Å². The average molecular weight is 246 g/mol. The fourth-order valence-electron chi connectivity index (χ4n) is 1.19. The lowest BCUT2D eigenvalue weighted by atomic mass is 10.2. The van der Waals surface area contributed by atoms with Crippen LogP contribution in [0, 0.1) is 5.82 Å². The molecule has 1 atom stereocenters. The van der Waals surface area contributed by atoms with Crippen molar-refractivity contribution < 1.29 is 13.9 Å². The molecule has 0 saturated heterocycles. The summed E-state index contributed by atoms with van der Waals surface area (Å²) in [5, 5.41) is 3.20. The number of esters is 1. The molecule has 0 heterocycles. The molecule has 0 saturated carbocycles. The van der Waals surface area contributed by atoms with Gasteiger partial charge in [-0.2, -0.15) is 0 Å². The number of nitrogens with one attached hydrogen (secondary N) is 1. The van der Waals surface area contributed by atoms with Crippen LogP contribution in [0.25, 0.3) is 0 Å². The summed E-state index contributed by atoms with van der Waals surface area (Å²) in [6.07, 6.45) is 0. The molecule has 1 aromatic carbocycles. The molecule has 0 radical (unpaired) electrons. The largest absolute Gasteiger partial charge is 0.468 e. The normalized spacial score (nSPS) is 12.2. The van der Waals surface area contributed by atoms with E-state index in [9.17, 15) is 9.18 Å². The molecule has 1 unspecified atom stereocenters. The molecule has 88 valence electrons. The van der Waals surface area contributed by atoms with Gasteiger partial charge in [0.05, 0.1) is 7.11 Å². The second kappa shape index (κ2) is 5.82. The van der Waals surface area contributed by atoms with Gasteiger partial charge in [0.25, 0.3) is 0 Å². The van der Waals surface area contributed by atoms with E-state index >= 15 is 0 Å². The molecule has 0 aliphatic carbocycles. The van der Waals surface area contributed by atoms with Crippen LogP contribution in [-0.4, -0.2) is 19.1 Å². The lowest BCUT2D eigenvalue weighted by molar-refractivity contribution is -0.142. The summed E-state index contributed by atoms with van der Waals surface area (Å²) in [6, 6.07) is 3.95. The standard InChI is InChI=1S/C11H13ClFNO2/c1-7(11(15)16-2)14-6-8-3-4-9(12)5-10(8)13/h3-5,7,14H,6H2,1-2H3. The third kappa shape index (κ3) is 3.47. The summed E-state index contributed by atoms with van der Waals surface area (Å²) >= 11 is 5.62. The Bertz CT molecular complexity index is 384. The molecule has 0 fully saturated rings. The monoisotopic (exact) mass is 245 g/mol. The lowest BCUT2D eigenvalue weighted by Crippen LogP contribution is -2.34. The van der Waals surface area contributed by atoms with Crippen LogP contribution >= 0.6 is 11.6 Å². The predicted octanol–water partition coefficient (Wildman–Crippen LogP) is 2.13. The van der Waals surface area contributed by atoms with Crippen LogP contribution in [0.2, 0.25) is 5.02 Å². The molecule has 1 rings (SSSR count). The number of hydrogen-bond donors (Lipinski definition) is 1.